The maximum Gasteiger partial charge on any atom is 0.124 e. The molecule has 5 nitrogen and oxygen atoms in total. The number of benzene rings is 2. The summed E-state index contributed by atoms with van der Waals surface area (Å²) < 4.78 is 36.9. The number of hydrogen-bond acceptors (Lipinski definition) is 4. The van der Waals surface area contributed by atoms with Gasteiger partial charge in [-0.15, -0.1) is 0 Å². The summed E-state index contributed by atoms with van der Waals surface area (Å²) in [4.78, 5) is 9.01. The van der Waals surface area contributed by atoms with Gasteiger partial charge in [-0.1, -0.05) is 15.9 Å². The Balaban J connectivity index is 1.27. The van der Waals surface area contributed by atoms with Crippen molar-refractivity contribution >= 4 is 37.9 Å². The van der Waals surface area contributed by atoms with E-state index in [1.807, 2.05) is 31.6 Å². The molecule has 172 valence electrons. The number of ether oxygens (including phenoxy) is 1. The highest BCUT2D eigenvalue weighted by atomic mass is 79.9. The number of nitrogens with one attached hydrogen (secondary N) is 1. The molecular weight excluding hydrogens is 490 g/mol. The maximum atomic E-state index is 13.9. The van der Waals surface area contributed by atoms with Gasteiger partial charge in [0.2, 0.25) is 0 Å². The van der Waals surface area contributed by atoms with Crippen LogP contribution in [0.2, 0.25) is 0 Å². The molecular formula is C25H25BrF2N4O. The fourth-order valence-corrected chi connectivity index (χ4v) is 4.91. The first-order valence-electron chi connectivity index (χ1n) is 11.2. The van der Waals surface area contributed by atoms with E-state index in [0.29, 0.717) is 17.7 Å². The molecule has 0 radical (unpaired) electrons. The summed E-state index contributed by atoms with van der Waals surface area (Å²) in [5.74, 6) is 0.278. The Hall–Kier alpha value is -2.58. The van der Waals surface area contributed by atoms with Gasteiger partial charge in [0, 0.05) is 34.6 Å². The summed E-state index contributed by atoms with van der Waals surface area (Å²) in [5, 5.41) is 4.19. The summed E-state index contributed by atoms with van der Waals surface area (Å²) in [6, 6.07) is 10.3. The molecule has 1 fully saturated rings. The Labute approximate surface area is 199 Å². The Morgan fingerprint density at radius 3 is 2.91 bits per heavy atom. The van der Waals surface area contributed by atoms with Crippen LogP contribution >= 0.6 is 15.9 Å². The minimum Gasteiger partial charge on any atom is -0.490 e. The predicted octanol–water partition coefficient (Wildman–Crippen LogP) is 6.11. The molecule has 5 rings (SSSR count). The van der Waals surface area contributed by atoms with Gasteiger partial charge in [-0.25, -0.2) is 13.8 Å². The van der Waals surface area contributed by atoms with Gasteiger partial charge in [0.1, 0.15) is 23.3 Å². The summed E-state index contributed by atoms with van der Waals surface area (Å²) in [6.45, 7) is 3.09. The van der Waals surface area contributed by atoms with Crippen molar-refractivity contribution < 1.29 is 13.5 Å². The zero-order chi connectivity index (χ0) is 22.9. The SMILES string of the molecule is C[C@H](CCCn1cnc2cnc3ccc(Br)cc3c21)Oc1ccc(F)cc1[C@H]1C[C@H](F)CN1. The number of rotatable bonds is 7. The van der Waals surface area contributed by atoms with Crippen LogP contribution in [0.3, 0.4) is 0 Å². The van der Waals surface area contributed by atoms with Crippen molar-refractivity contribution in [3.63, 3.8) is 0 Å². The minimum absolute atomic E-state index is 0.0703. The van der Waals surface area contributed by atoms with Crippen molar-refractivity contribution in [3.8, 4) is 5.75 Å². The molecule has 3 atom stereocenters. The number of aryl methyl sites for hydroxylation is 1. The molecule has 2 aromatic carbocycles. The lowest BCUT2D eigenvalue weighted by molar-refractivity contribution is 0.202. The Morgan fingerprint density at radius 2 is 2.09 bits per heavy atom. The quantitative estimate of drug-likeness (QED) is 0.323. The first-order chi connectivity index (χ1) is 16.0. The number of hydrogen-bond donors (Lipinski definition) is 1. The van der Waals surface area contributed by atoms with Crippen LogP contribution in [-0.2, 0) is 6.54 Å². The zero-order valence-corrected chi connectivity index (χ0v) is 19.9. The Kier molecular flexibility index (Phi) is 6.29. The third-order valence-corrected chi connectivity index (χ3v) is 6.66. The number of nitrogens with zero attached hydrogens (tertiary/aromatic N) is 3. The fraction of sp³-hybridized carbons (Fsp3) is 0.360. The molecule has 3 heterocycles. The van der Waals surface area contributed by atoms with Gasteiger partial charge >= 0.3 is 0 Å². The van der Waals surface area contributed by atoms with Crippen molar-refractivity contribution in [2.75, 3.05) is 6.54 Å². The van der Waals surface area contributed by atoms with E-state index in [0.717, 1.165) is 45.8 Å². The second-order valence-electron chi connectivity index (χ2n) is 8.64. The molecule has 0 unspecified atom stereocenters. The molecule has 1 saturated heterocycles. The molecule has 0 bridgehead atoms. The van der Waals surface area contributed by atoms with Crippen molar-refractivity contribution in [1.82, 2.24) is 19.9 Å². The molecule has 0 amide bonds. The second-order valence-corrected chi connectivity index (χ2v) is 9.55. The molecule has 2 aromatic heterocycles. The van der Waals surface area contributed by atoms with Crippen molar-refractivity contribution in [1.29, 1.82) is 0 Å². The number of halogens is 3. The fourth-order valence-electron chi connectivity index (χ4n) is 4.55. The zero-order valence-electron chi connectivity index (χ0n) is 18.3. The third kappa shape index (κ3) is 4.73. The summed E-state index contributed by atoms with van der Waals surface area (Å²) in [6.07, 6.45) is 4.71. The Morgan fingerprint density at radius 1 is 1.21 bits per heavy atom. The van der Waals surface area contributed by atoms with E-state index in [2.05, 4.69) is 41.8 Å². The highest BCUT2D eigenvalue weighted by molar-refractivity contribution is 9.10. The predicted molar refractivity (Wildman–Crippen MR) is 129 cm³/mol. The van der Waals surface area contributed by atoms with Crippen molar-refractivity contribution in [2.24, 2.45) is 0 Å². The second kappa shape index (κ2) is 9.35. The van der Waals surface area contributed by atoms with Crippen LogP contribution in [0.4, 0.5) is 8.78 Å². The molecule has 1 N–H and O–H groups in total. The van der Waals surface area contributed by atoms with Gasteiger partial charge < -0.3 is 14.6 Å². The van der Waals surface area contributed by atoms with Gasteiger partial charge in [0.05, 0.1) is 29.7 Å². The average molecular weight is 515 g/mol. The number of fused-ring (bicyclic) bond motifs is 3. The lowest BCUT2D eigenvalue weighted by atomic mass is 10.0. The molecule has 0 aliphatic carbocycles. The number of alkyl halides is 1. The summed E-state index contributed by atoms with van der Waals surface area (Å²) in [7, 11) is 0. The van der Waals surface area contributed by atoms with Gasteiger partial charge in [-0.05, 0) is 62.6 Å². The normalized spacial score (nSPS) is 19.4. The number of imidazole rings is 1. The van der Waals surface area contributed by atoms with E-state index < -0.39 is 6.17 Å². The van der Waals surface area contributed by atoms with Gasteiger partial charge in [-0.3, -0.25) is 4.98 Å². The van der Waals surface area contributed by atoms with Crippen molar-refractivity contribution in [3.05, 3.63) is 64.8 Å². The molecule has 33 heavy (non-hydrogen) atoms. The maximum absolute atomic E-state index is 13.9. The van der Waals surface area contributed by atoms with Crippen molar-refractivity contribution in [2.45, 2.75) is 51.0 Å². The van der Waals surface area contributed by atoms with E-state index in [4.69, 9.17) is 4.74 Å². The molecule has 4 aromatic rings. The van der Waals surface area contributed by atoms with Crippen LogP contribution in [0, 0.1) is 5.82 Å². The van der Waals surface area contributed by atoms with Crippen LogP contribution in [0.5, 0.6) is 5.75 Å². The highest BCUT2D eigenvalue weighted by Crippen LogP contribution is 2.33. The highest BCUT2D eigenvalue weighted by Gasteiger charge is 2.28. The molecule has 1 aliphatic rings. The third-order valence-electron chi connectivity index (χ3n) is 6.17. The lowest BCUT2D eigenvalue weighted by Crippen LogP contribution is -2.18. The number of aromatic nitrogens is 3. The number of pyridine rings is 1. The molecule has 8 heteroatoms. The summed E-state index contributed by atoms with van der Waals surface area (Å²) >= 11 is 3.55. The first-order valence-corrected chi connectivity index (χ1v) is 12.0. The van der Waals surface area contributed by atoms with E-state index >= 15 is 0 Å². The van der Waals surface area contributed by atoms with Crippen LogP contribution in [0.1, 0.15) is 37.8 Å². The lowest BCUT2D eigenvalue weighted by Gasteiger charge is -2.20. The van der Waals surface area contributed by atoms with Crippen LogP contribution in [-0.4, -0.2) is 33.4 Å². The molecule has 0 spiro atoms. The molecule has 1 aliphatic heterocycles. The van der Waals surface area contributed by atoms with Gasteiger partial charge in [0.15, 0.2) is 0 Å². The summed E-state index contributed by atoms with van der Waals surface area (Å²) in [5.41, 5.74) is 3.57. The average Bonchev–Trinajstić information content (AvgIpc) is 3.41. The minimum atomic E-state index is -0.916. The standard InChI is InChI=1S/C25H25BrF2N4O/c1-15(33-24-7-5-17(27)10-19(24)22-11-18(28)12-29-22)3-2-8-32-14-31-23-13-30-21-6-4-16(26)9-20(21)25(23)32/h4-7,9-10,13-15,18,22,29H,2-3,8,11-12H2,1H3/t15-,18+,22-/m1/s1. The van der Waals surface area contributed by atoms with Gasteiger partial charge in [-0.2, -0.15) is 0 Å². The van der Waals surface area contributed by atoms with Crippen LogP contribution in [0.25, 0.3) is 21.9 Å². The van der Waals surface area contributed by atoms with E-state index in [1.165, 1.54) is 12.1 Å². The smallest absolute Gasteiger partial charge is 0.124 e. The monoisotopic (exact) mass is 514 g/mol. The Bertz CT molecular complexity index is 1290. The van der Waals surface area contributed by atoms with E-state index in [9.17, 15) is 8.78 Å². The largest absolute Gasteiger partial charge is 0.490 e. The molecule has 0 saturated carbocycles. The first kappa shape index (κ1) is 22.2. The topological polar surface area (TPSA) is 52.0 Å². The van der Waals surface area contributed by atoms with E-state index in [1.54, 1.807) is 6.07 Å². The van der Waals surface area contributed by atoms with Gasteiger partial charge in [0.25, 0.3) is 0 Å². The van der Waals surface area contributed by atoms with E-state index in [-0.39, 0.29) is 24.5 Å². The van der Waals surface area contributed by atoms with Crippen LogP contribution < -0.4 is 10.1 Å². The van der Waals surface area contributed by atoms with Crippen LogP contribution in [0.15, 0.2) is 53.4 Å².